The second-order valence-electron chi connectivity index (χ2n) is 8.56. The molecule has 0 radical (unpaired) electrons. The molecule has 3 aromatic rings. The minimum atomic E-state index is -0.236. The lowest BCUT2D eigenvalue weighted by Gasteiger charge is -2.32. The van der Waals surface area contributed by atoms with Gasteiger partial charge in [-0.05, 0) is 48.2 Å². The van der Waals surface area contributed by atoms with Gasteiger partial charge >= 0.3 is 6.03 Å². The molecule has 3 aromatic carbocycles. The maximum Gasteiger partial charge on any atom is 0.321 e. The Morgan fingerprint density at radius 3 is 2.43 bits per heavy atom. The topological polar surface area (TPSA) is 79.9 Å². The summed E-state index contributed by atoms with van der Waals surface area (Å²) < 4.78 is 11.4. The third-order valence-electron chi connectivity index (χ3n) is 6.04. The number of para-hydroxylation sites is 1. The molecule has 7 nitrogen and oxygen atoms in total. The molecule has 0 saturated carbocycles. The molecule has 182 valence electrons. The number of urea groups is 1. The average Bonchev–Trinajstić information content (AvgIpc) is 2.92. The molecular formula is C28H31N3O4. The molecule has 1 atom stereocenters. The number of likely N-dealkylation sites (tertiary alicyclic amines) is 1. The van der Waals surface area contributed by atoms with Gasteiger partial charge < -0.3 is 25.0 Å². The van der Waals surface area contributed by atoms with Crippen molar-refractivity contribution in [2.45, 2.75) is 26.0 Å². The third kappa shape index (κ3) is 6.76. The number of carbonyl (C=O) groups is 2. The monoisotopic (exact) mass is 473 g/mol. The summed E-state index contributed by atoms with van der Waals surface area (Å²) in [5.41, 5.74) is 2.73. The number of ether oxygens (including phenoxy) is 2. The highest BCUT2D eigenvalue weighted by Gasteiger charge is 2.28. The van der Waals surface area contributed by atoms with Gasteiger partial charge in [0.25, 0.3) is 0 Å². The summed E-state index contributed by atoms with van der Waals surface area (Å²) >= 11 is 0. The Balaban J connectivity index is 1.29. The molecule has 4 rings (SSSR count). The van der Waals surface area contributed by atoms with Crippen molar-refractivity contribution in [3.63, 3.8) is 0 Å². The number of amides is 3. The van der Waals surface area contributed by atoms with E-state index in [1.807, 2.05) is 78.9 Å². The zero-order valence-electron chi connectivity index (χ0n) is 19.9. The maximum atomic E-state index is 12.9. The van der Waals surface area contributed by atoms with Crippen molar-refractivity contribution in [1.29, 1.82) is 0 Å². The second-order valence-corrected chi connectivity index (χ2v) is 8.56. The Bertz CT molecular complexity index is 1120. The van der Waals surface area contributed by atoms with Crippen LogP contribution in [0.5, 0.6) is 11.5 Å². The molecule has 1 aliphatic heterocycles. The SMILES string of the molecule is COc1cc(CNC(=O)C2CCCN(C(=O)Nc3ccccc3)C2)ccc1OCc1ccccc1. The van der Waals surface area contributed by atoms with Crippen LogP contribution in [0, 0.1) is 5.92 Å². The van der Waals surface area contributed by atoms with Crippen molar-refractivity contribution in [2.75, 3.05) is 25.5 Å². The van der Waals surface area contributed by atoms with Gasteiger partial charge in [0.1, 0.15) is 6.61 Å². The van der Waals surface area contributed by atoms with Crippen LogP contribution < -0.4 is 20.1 Å². The predicted molar refractivity (Wildman–Crippen MR) is 135 cm³/mol. The van der Waals surface area contributed by atoms with E-state index in [0.717, 1.165) is 29.7 Å². The van der Waals surface area contributed by atoms with Gasteiger partial charge in [0.2, 0.25) is 5.91 Å². The molecule has 0 aromatic heterocycles. The number of benzene rings is 3. The molecule has 1 unspecified atom stereocenters. The molecule has 0 bridgehead atoms. The highest BCUT2D eigenvalue weighted by molar-refractivity contribution is 5.90. The van der Waals surface area contributed by atoms with Gasteiger partial charge in [-0.15, -0.1) is 0 Å². The lowest BCUT2D eigenvalue weighted by atomic mass is 9.97. The fourth-order valence-corrected chi connectivity index (χ4v) is 4.11. The van der Waals surface area contributed by atoms with Gasteiger partial charge in [0, 0.05) is 25.3 Å². The first-order valence-corrected chi connectivity index (χ1v) is 11.8. The summed E-state index contributed by atoms with van der Waals surface area (Å²) in [6, 6.07) is 24.8. The van der Waals surface area contributed by atoms with Crippen molar-refractivity contribution in [3.8, 4) is 11.5 Å². The maximum absolute atomic E-state index is 12.9. The number of nitrogens with one attached hydrogen (secondary N) is 2. The number of carbonyl (C=O) groups excluding carboxylic acids is 2. The quantitative estimate of drug-likeness (QED) is 0.491. The Morgan fingerprint density at radius 1 is 0.943 bits per heavy atom. The number of anilines is 1. The van der Waals surface area contributed by atoms with Gasteiger partial charge in [0.15, 0.2) is 11.5 Å². The average molecular weight is 474 g/mol. The lowest BCUT2D eigenvalue weighted by Crippen LogP contribution is -2.46. The molecule has 3 amide bonds. The fourth-order valence-electron chi connectivity index (χ4n) is 4.11. The van der Waals surface area contributed by atoms with E-state index >= 15 is 0 Å². The number of rotatable bonds is 8. The zero-order valence-corrected chi connectivity index (χ0v) is 19.9. The minimum Gasteiger partial charge on any atom is -0.493 e. The van der Waals surface area contributed by atoms with Crippen molar-refractivity contribution < 1.29 is 19.1 Å². The smallest absolute Gasteiger partial charge is 0.321 e. The van der Waals surface area contributed by atoms with Crippen LogP contribution in [-0.2, 0) is 17.9 Å². The number of nitrogens with zero attached hydrogens (tertiary/aromatic N) is 1. The molecule has 0 aliphatic carbocycles. The van der Waals surface area contributed by atoms with Crippen LogP contribution in [0.4, 0.5) is 10.5 Å². The summed E-state index contributed by atoms with van der Waals surface area (Å²) in [7, 11) is 1.60. The van der Waals surface area contributed by atoms with Crippen LogP contribution in [0.15, 0.2) is 78.9 Å². The molecule has 1 aliphatic rings. The summed E-state index contributed by atoms with van der Waals surface area (Å²) in [4.78, 5) is 27.2. The van der Waals surface area contributed by atoms with E-state index in [9.17, 15) is 9.59 Å². The molecule has 1 saturated heterocycles. The zero-order chi connectivity index (χ0) is 24.5. The molecule has 2 N–H and O–H groups in total. The molecule has 7 heteroatoms. The molecule has 1 heterocycles. The second kappa shape index (κ2) is 11.9. The van der Waals surface area contributed by atoms with E-state index in [2.05, 4.69) is 10.6 Å². The summed E-state index contributed by atoms with van der Waals surface area (Å²) in [5, 5.41) is 5.91. The van der Waals surface area contributed by atoms with Crippen LogP contribution >= 0.6 is 0 Å². The van der Waals surface area contributed by atoms with E-state index in [-0.39, 0.29) is 17.9 Å². The Labute approximate surface area is 206 Å². The Kier molecular flexibility index (Phi) is 8.22. The first kappa shape index (κ1) is 24.1. The number of hydrogen-bond donors (Lipinski definition) is 2. The largest absolute Gasteiger partial charge is 0.493 e. The fraction of sp³-hybridized carbons (Fsp3) is 0.286. The number of methoxy groups -OCH3 is 1. The lowest BCUT2D eigenvalue weighted by molar-refractivity contribution is -0.126. The standard InChI is InChI=1S/C28H31N3O4/c1-34-26-17-22(14-15-25(26)35-20-21-9-4-2-5-10-21)18-29-27(32)23-11-8-16-31(19-23)28(33)30-24-12-6-3-7-13-24/h2-7,9-10,12-15,17,23H,8,11,16,18-20H2,1H3,(H,29,32)(H,30,33). The third-order valence-corrected chi connectivity index (χ3v) is 6.04. The van der Waals surface area contributed by atoms with Crippen LogP contribution in [0.3, 0.4) is 0 Å². The molecule has 35 heavy (non-hydrogen) atoms. The van der Waals surface area contributed by atoms with Gasteiger partial charge in [-0.3, -0.25) is 4.79 Å². The van der Waals surface area contributed by atoms with Crippen LogP contribution in [0.25, 0.3) is 0 Å². The van der Waals surface area contributed by atoms with E-state index < -0.39 is 0 Å². The Hall–Kier alpha value is -4.00. The first-order chi connectivity index (χ1) is 17.1. The number of hydrogen-bond acceptors (Lipinski definition) is 4. The molecule has 0 spiro atoms. The summed E-state index contributed by atoms with van der Waals surface area (Å²) in [6.45, 7) is 1.87. The van der Waals surface area contributed by atoms with E-state index in [0.29, 0.717) is 37.7 Å². The van der Waals surface area contributed by atoms with Gasteiger partial charge in [-0.2, -0.15) is 0 Å². The Morgan fingerprint density at radius 2 is 1.69 bits per heavy atom. The van der Waals surface area contributed by atoms with Crippen molar-refractivity contribution in [1.82, 2.24) is 10.2 Å². The summed E-state index contributed by atoms with van der Waals surface area (Å²) in [5.74, 6) is 0.985. The van der Waals surface area contributed by atoms with Crippen LogP contribution in [-0.4, -0.2) is 37.0 Å². The van der Waals surface area contributed by atoms with Crippen molar-refractivity contribution in [3.05, 3.63) is 90.0 Å². The van der Waals surface area contributed by atoms with E-state index in [4.69, 9.17) is 9.47 Å². The predicted octanol–water partition coefficient (Wildman–Crippen LogP) is 4.83. The van der Waals surface area contributed by atoms with Crippen molar-refractivity contribution >= 4 is 17.6 Å². The highest BCUT2D eigenvalue weighted by Crippen LogP contribution is 2.29. The molecule has 1 fully saturated rings. The molecular weight excluding hydrogens is 442 g/mol. The first-order valence-electron chi connectivity index (χ1n) is 11.8. The van der Waals surface area contributed by atoms with Crippen LogP contribution in [0.1, 0.15) is 24.0 Å². The van der Waals surface area contributed by atoms with Crippen molar-refractivity contribution in [2.24, 2.45) is 5.92 Å². The van der Waals surface area contributed by atoms with Crippen LogP contribution in [0.2, 0.25) is 0 Å². The number of piperidine rings is 1. The minimum absolute atomic E-state index is 0.0504. The van der Waals surface area contributed by atoms with Gasteiger partial charge in [0.05, 0.1) is 13.0 Å². The van der Waals surface area contributed by atoms with E-state index in [1.54, 1.807) is 12.0 Å². The van der Waals surface area contributed by atoms with Gasteiger partial charge in [-0.1, -0.05) is 54.6 Å². The summed E-state index contributed by atoms with van der Waals surface area (Å²) in [6.07, 6.45) is 1.55. The van der Waals surface area contributed by atoms with Gasteiger partial charge in [-0.25, -0.2) is 4.79 Å². The highest BCUT2D eigenvalue weighted by atomic mass is 16.5. The normalized spacial score (nSPS) is 15.2. The van der Waals surface area contributed by atoms with E-state index in [1.165, 1.54) is 0 Å².